The van der Waals surface area contributed by atoms with E-state index in [1.54, 1.807) is 0 Å². The molecule has 0 aliphatic rings. The molecule has 2 N–H and O–H groups in total. The van der Waals surface area contributed by atoms with Gasteiger partial charge in [-0.1, -0.05) is 20.8 Å². The fourth-order valence-electron chi connectivity index (χ4n) is 2.43. The standard InChI is InChI=1S/C19H27N5O6S/c1-6-13(4)21-19(25)15-10-18(23(5)22-15)30-16-8-7-14(24(26)27)9-17(16)31(28,29)20-11-12(2)3/h7-10,12-13,20H,6,11H2,1-5H3,(H,21,25)/t13-/m0/s1. The number of sulfonamides is 1. The molecule has 0 bridgehead atoms. The molecule has 1 heterocycles. The van der Waals surface area contributed by atoms with E-state index in [9.17, 15) is 23.3 Å². The number of nitrogens with one attached hydrogen (secondary N) is 2. The minimum Gasteiger partial charge on any atom is -0.438 e. The zero-order valence-corrected chi connectivity index (χ0v) is 18.9. The summed E-state index contributed by atoms with van der Waals surface area (Å²) in [6.07, 6.45) is 0.745. The van der Waals surface area contributed by atoms with Gasteiger partial charge in [-0.3, -0.25) is 14.9 Å². The Morgan fingerprint density at radius 2 is 1.97 bits per heavy atom. The van der Waals surface area contributed by atoms with Crippen LogP contribution in [0.15, 0.2) is 29.2 Å². The third-order valence-corrected chi connectivity index (χ3v) is 5.83. The normalized spacial score (nSPS) is 12.6. The highest BCUT2D eigenvalue weighted by molar-refractivity contribution is 7.89. The summed E-state index contributed by atoms with van der Waals surface area (Å²) in [5.74, 6) is -0.390. The third kappa shape index (κ3) is 6.25. The fourth-order valence-corrected chi connectivity index (χ4v) is 3.79. The summed E-state index contributed by atoms with van der Waals surface area (Å²) in [5.41, 5.74) is -0.294. The van der Waals surface area contributed by atoms with E-state index >= 15 is 0 Å². The van der Waals surface area contributed by atoms with Crippen molar-refractivity contribution in [1.82, 2.24) is 19.8 Å². The van der Waals surface area contributed by atoms with Crippen molar-refractivity contribution in [3.8, 4) is 11.6 Å². The Bertz CT molecular complexity index is 1060. The quantitative estimate of drug-likeness (QED) is 0.415. The Kier molecular flexibility index (Phi) is 7.74. The van der Waals surface area contributed by atoms with E-state index in [2.05, 4.69) is 15.1 Å². The van der Waals surface area contributed by atoms with Crippen LogP contribution in [0.1, 0.15) is 44.6 Å². The van der Waals surface area contributed by atoms with Crippen LogP contribution < -0.4 is 14.8 Å². The first kappa shape index (κ1) is 24.3. The van der Waals surface area contributed by atoms with Crippen molar-refractivity contribution in [3.63, 3.8) is 0 Å². The summed E-state index contributed by atoms with van der Waals surface area (Å²) in [5, 5.41) is 18.0. The maximum absolute atomic E-state index is 12.8. The minimum absolute atomic E-state index is 0.0292. The van der Waals surface area contributed by atoms with E-state index < -0.39 is 26.5 Å². The van der Waals surface area contributed by atoms with Crippen molar-refractivity contribution < 1.29 is 22.9 Å². The first-order chi connectivity index (χ1) is 14.4. The predicted molar refractivity (Wildman–Crippen MR) is 114 cm³/mol. The summed E-state index contributed by atoms with van der Waals surface area (Å²) in [6.45, 7) is 7.60. The molecule has 2 rings (SSSR count). The smallest absolute Gasteiger partial charge is 0.272 e. The molecule has 0 saturated carbocycles. The molecule has 2 aromatic rings. The van der Waals surface area contributed by atoms with Gasteiger partial charge in [0.05, 0.1) is 4.92 Å². The van der Waals surface area contributed by atoms with Crippen LogP contribution in [0, 0.1) is 16.0 Å². The third-order valence-electron chi connectivity index (χ3n) is 4.38. The SMILES string of the molecule is CC[C@H](C)NC(=O)c1cc(Oc2ccc([N+](=O)[O-])cc2S(=O)(=O)NCC(C)C)n(C)n1. The average Bonchev–Trinajstić information content (AvgIpc) is 3.07. The summed E-state index contributed by atoms with van der Waals surface area (Å²) in [7, 11) is -2.56. The Balaban J connectivity index is 2.41. The molecule has 31 heavy (non-hydrogen) atoms. The highest BCUT2D eigenvalue weighted by Gasteiger charge is 2.25. The molecule has 1 atom stereocenters. The molecule has 170 valence electrons. The van der Waals surface area contributed by atoms with E-state index in [0.29, 0.717) is 0 Å². The molecule has 0 saturated heterocycles. The van der Waals surface area contributed by atoms with Gasteiger partial charge in [0.25, 0.3) is 11.6 Å². The van der Waals surface area contributed by atoms with Crippen LogP contribution >= 0.6 is 0 Å². The van der Waals surface area contributed by atoms with Gasteiger partial charge in [-0.15, -0.1) is 0 Å². The lowest BCUT2D eigenvalue weighted by atomic mass is 10.2. The molecule has 0 aliphatic carbocycles. The molecule has 1 amide bonds. The number of carbonyl (C=O) groups excluding carboxylic acids is 1. The number of nitro benzene ring substituents is 1. The Morgan fingerprint density at radius 1 is 1.29 bits per heavy atom. The number of aryl methyl sites for hydroxylation is 1. The lowest BCUT2D eigenvalue weighted by molar-refractivity contribution is -0.385. The number of benzene rings is 1. The van der Waals surface area contributed by atoms with E-state index in [4.69, 9.17) is 4.74 Å². The molecule has 0 spiro atoms. The van der Waals surface area contributed by atoms with Crippen LogP contribution in [0.5, 0.6) is 11.6 Å². The number of amides is 1. The molecule has 11 nitrogen and oxygen atoms in total. The van der Waals surface area contributed by atoms with Gasteiger partial charge in [0, 0.05) is 37.8 Å². The number of rotatable bonds is 10. The highest BCUT2D eigenvalue weighted by Crippen LogP contribution is 2.32. The molecule has 0 fully saturated rings. The Labute approximate surface area is 181 Å². The molecule has 0 radical (unpaired) electrons. The summed E-state index contributed by atoms with van der Waals surface area (Å²) in [4.78, 5) is 22.4. The molecular weight excluding hydrogens is 426 g/mol. The van der Waals surface area contributed by atoms with Gasteiger partial charge in [-0.2, -0.15) is 5.10 Å². The van der Waals surface area contributed by atoms with Crippen LogP contribution in [0.3, 0.4) is 0 Å². The topological polar surface area (TPSA) is 145 Å². The second-order valence-electron chi connectivity index (χ2n) is 7.51. The maximum Gasteiger partial charge on any atom is 0.272 e. The minimum atomic E-state index is -4.09. The van der Waals surface area contributed by atoms with Gasteiger partial charge >= 0.3 is 0 Å². The number of nitrogens with zero attached hydrogens (tertiary/aromatic N) is 3. The first-order valence-electron chi connectivity index (χ1n) is 9.75. The van der Waals surface area contributed by atoms with Crippen LogP contribution in [0.2, 0.25) is 0 Å². The summed E-state index contributed by atoms with van der Waals surface area (Å²) >= 11 is 0. The zero-order chi connectivity index (χ0) is 23.3. The van der Waals surface area contributed by atoms with Crippen LogP contribution in [0.25, 0.3) is 0 Å². The number of nitro groups is 1. The van der Waals surface area contributed by atoms with Crippen molar-refractivity contribution in [2.75, 3.05) is 6.54 Å². The van der Waals surface area contributed by atoms with E-state index in [1.165, 1.54) is 23.9 Å². The number of hydrogen-bond donors (Lipinski definition) is 2. The molecule has 1 aromatic carbocycles. The van der Waals surface area contributed by atoms with Crippen molar-refractivity contribution in [2.24, 2.45) is 13.0 Å². The van der Waals surface area contributed by atoms with Crippen molar-refractivity contribution >= 4 is 21.6 Å². The molecule has 0 aliphatic heterocycles. The Morgan fingerprint density at radius 3 is 2.55 bits per heavy atom. The average molecular weight is 454 g/mol. The second kappa shape index (κ2) is 9.88. The van der Waals surface area contributed by atoms with Gasteiger partial charge < -0.3 is 10.1 Å². The van der Waals surface area contributed by atoms with Gasteiger partial charge in [0.15, 0.2) is 5.69 Å². The van der Waals surface area contributed by atoms with Crippen LogP contribution in [-0.2, 0) is 17.1 Å². The summed E-state index contributed by atoms with van der Waals surface area (Å²) in [6, 6.07) is 4.61. The van der Waals surface area contributed by atoms with Gasteiger partial charge in [-0.05, 0) is 25.3 Å². The second-order valence-corrected chi connectivity index (χ2v) is 9.25. The lowest BCUT2D eigenvalue weighted by Gasteiger charge is -2.13. The number of hydrogen-bond acceptors (Lipinski definition) is 7. The van der Waals surface area contributed by atoms with Gasteiger partial charge in [-0.25, -0.2) is 17.8 Å². The zero-order valence-electron chi connectivity index (χ0n) is 18.1. The van der Waals surface area contributed by atoms with Gasteiger partial charge in [0.1, 0.15) is 10.6 Å². The first-order valence-corrected chi connectivity index (χ1v) is 11.2. The fraction of sp³-hybridized carbons (Fsp3) is 0.474. The molecular formula is C19H27N5O6S. The van der Waals surface area contributed by atoms with E-state index in [1.807, 2.05) is 27.7 Å². The predicted octanol–water partition coefficient (Wildman–Crippen LogP) is 2.58. The van der Waals surface area contributed by atoms with Crippen molar-refractivity contribution in [2.45, 2.75) is 45.1 Å². The van der Waals surface area contributed by atoms with E-state index in [-0.39, 0.29) is 40.7 Å². The van der Waals surface area contributed by atoms with Crippen LogP contribution in [-0.4, -0.2) is 41.6 Å². The van der Waals surface area contributed by atoms with Crippen LogP contribution in [0.4, 0.5) is 5.69 Å². The largest absolute Gasteiger partial charge is 0.438 e. The number of aromatic nitrogens is 2. The van der Waals surface area contributed by atoms with Crippen molar-refractivity contribution in [3.05, 3.63) is 40.1 Å². The molecule has 12 heteroatoms. The maximum atomic E-state index is 12.8. The monoisotopic (exact) mass is 453 g/mol. The van der Waals surface area contributed by atoms with Gasteiger partial charge in [0.2, 0.25) is 15.9 Å². The number of non-ortho nitro benzene ring substituents is 1. The molecule has 1 aromatic heterocycles. The molecule has 0 unspecified atom stereocenters. The number of ether oxygens (including phenoxy) is 1. The van der Waals surface area contributed by atoms with E-state index in [0.717, 1.165) is 18.6 Å². The lowest BCUT2D eigenvalue weighted by Crippen LogP contribution is -2.32. The van der Waals surface area contributed by atoms with Crippen molar-refractivity contribution in [1.29, 1.82) is 0 Å². The number of carbonyl (C=O) groups is 1. The Hall–Kier alpha value is -2.99. The summed E-state index contributed by atoms with van der Waals surface area (Å²) < 4.78 is 35.0. The highest BCUT2D eigenvalue weighted by atomic mass is 32.2.